The Morgan fingerprint density at radius 3 is 2.50 bits per heavy atom. The van der Waals surface area contributed by atoms with Crippen LogP contribution in [0.15, 0.2) is 42.5 Å². The van der Waals surface area contributed by atoms with Crippen LogP contribution in [0.3, 0.4) is 0 Å². The van der Waals surface area contributed by atoms with Gasteiger partial charge in [0.1, 0.15) is 5.75 Å². The van der Waals surface area contributed by atoms with Crippen molar-refractivity contribution < 1.29 is 14.3 Å². The van der Waals surface area contributed by atoms with Crippen molar-refractivity contribution in [3.05, 3.63) is 53.1 Å². The highest BCUT2D eigenvalue weighted by Gasteiger charge is 2.19. The van der Waals surface area contributed by atoms with Crippen LogP contribution in [0.4, 0.5) is 11.4 Å². The zero-order valence-electron chi connectivity index (χ0n) is 17.2. The first-order valence-electron chi connectivity index (χ1n) is 10.4. The fraction of sp³-hybridized carbons (Fsp3) is 0.391. The second kappa shape index (κ2) is 10.9. The third kappa shape index (κ3) is 6.13. The molecule has 1 fully saturated rings. The van der Waals surface area contributed by atoms with E-state index in [1.165, 1.54) is 6.42 Å². The molecule has 0 unspecified atom stereocenters. The monoisotopic (exact) mass is 429 g/mol. The van der Waals surface area contributed by atoms with Crippen molar-refractivity contribution in [2.75, 3.05) is 36.5 Å². The highest BCUT2D eigenvalue weighted by atomic mass is 35.5. The van der Waals surface area contributed by atoms with Crippen molar-refractivity contribution in [2.45, 2.75) is 32.6 Å². The van der Waals surface area contributed by atoms with Gasteiger partial charge in [0.25, 0.3) is 11.8 Å². The Hall–Kier alpha value is -2.73. The van der Waals surface area contributed by atoms with Gasteiger partial charge in [0.15, 0.2) is 6.61 Å². The lowest BCUT2D eigenvalue weighted by Crippen LogP contribution is -2.33. The Bertz CT molecular complexity index is 864. The maximum Gasteiger partial charge on any atom is 0.262 e. The number of ether oxygens (including phenoxy) is 1. The molecule has 1 aliphatic heterocycles. The Morgan fingerprint density at radius 1 is 1.07 bits per heavy atom. The summed E-state index contributed by atoms with van der Waals surface area (Å²) in [6.45, 7) is 4.38. The number of rotatable bonds is 8. The number of amides is 2. The maximum absolute atomic E-state index is 12.8. The van der Waals surface area contributed by atoms with Gasteiger partial charge in [0, 0.05) is 36.0 Å². The topological polar surface area (TPSA) is 70.7 Å². The molecule has 3 rings (SSSR count). The van der Waals surface area contributed by atoms with Crippen LogP contribution in [0.2, 0.25) is 5.02 Å². The van der Waals surface area contributed by atoms with Gasteiger partial charge < -0.3 is 20.3 Å². The van der Waals surface area contributed by atoms with Gasteiger partial charge in [-0.25, -0.2) is 0 Å². The second-order valence-corrected chi connectivity index (χ2v) is 7.76. The molecule has 2 amide bonds. The van der Waals surface area contributed by atoms with Crippen LogP contribution in [0.5, 0.6) is 5.75 Å². The summed E-state index contributed by atoms with van der Waals surface area (Å²) in [5.41, 5.74) is 2.07. The average molecular weight is 430 g/mol. The van der Waals surface area contributed by atoms with Crippen LogP contribution in [-0.4, -0.2) is 38.1 Å². The lowest BCUT2D eigenvalue weighted by molar-refractivity contribution is -0.118. The van der Waals surface area contributed by atoms with E-state index in [1.54, 1.807) is 30.3 Å². The summed E-state index contributed by atoms with van der Waals surface area (Å²) in [4.78, 5) is 27.3. The Balaban J connectivity index is 1.69. The summed E-state index contributed by atoms with van der Waals surface area (Å²) in [6.07, 6.45) is 4.33. The van der Waals surface area contributed by atoms with Gasteiger partial charge in [-0.05, 0) is 68.1 Å². The van der Waals surface area contributed by atoms with Crippen LogP contribution < -0.4 is 20.3 Å². The molecule has 2 aromatic carbocycles. The Labute approximate surface area is 182 Å². The number of piperidine rings is 1. The summed E-state index contributed by atoms with van der Waals surface area (Å²) >= 11 is 5.85. The predicted octanol–water partition coefficient (Wildman–Crippen LogP) is 4.49. The zero-order valence-corrected chi connectivity index (χ0v) is 18.0. The maximum atomic E-state index is 12.8. The van der Waals surface area contributed by atoms with Gasteiger partial charge in [-0.15, -0.1) is 0 Å². The van der Waals surface area contributed by atoms with Gasteiger partial charge in [-0.1, -0.05) is 18.5 Å². The molecule has 160 valence electrons. The van der Waals surface area contributed by atoms with Crippen LogP contribution in [0.25, 0.3) is 0 Å². The highest BCUT2D eigenvalue weighted by molar-refractivity contribution is 6.30. The number of carbonyl (C=O) groups is 2. The van der Waals surface area contributed by atoms with E-state index in [2.05, 4.69) is 15.5 Å². The fourth-order valence-corrected chi connectivity index (χ4v) is 3.54. The van der Waals surface area contributed by atoms with E-state index >= 15 is 0 Å². The average Bonchev–Trinajstić information content (AvgIpc) is 2.77. The van der Waals surface area contributed by atoms with Gasteiger partial charge in [0.2, 0.25) is 0 Å². The number of hydrogen-bond acceptors (Lipinski definition) is 4. The summed E-state index contributed by atoms with van der Waals surface area (Å²) < 4.78 is 5.49. The molecule has 1 heterocycles. The number of halogens is 1. The number of benzene rings is 2. The van der Waals surface area contributed by atoms with Crippen molar-refractivity contribution in [3.8, 4) is 5.75 Å². The molecular formula is C23H28ClN3O3. The van der Waals surface area contributed by atoms with Crippen molar-refractivity contribution in [2.24, 2.45) is 0 Å². The van der Waals surface area contributed by atoms with Crippen LogP contribution in [0, 0.1) is 0 Å². The predicted molar refractivity (Wildman–Crippen MR) is 121 cm³/mol. The number of carbonyl (C=O) groups excluding carboxylic acids is 2. The minimum absolute atomic E-state index is 0.120. The first kappa shape index (κ1) is 22.0. The Kier molecular flexibility index (Phi) is 7.97. The molecule has 0 bridgehead atoms. The van der Waals surface area contributed by atoms with E-state index in [9.17, 15) is 9.59 Å². The van der Waals surface area contributed by atoms with Crippen LogP contribution in [0.1, 0.15) is 43.0 Å². The van der Waals surface area contributed by atoms with Crippen LogP contribution in [-0.2, 0) is 4.79 Å². The Morgan fingerprint density at radius 2 is 1.80 bits per heavy atom. The highest BCUT2D eigenvalue weighted by Crippen LogP contribution is 2.27. The molecule has 0 aliphatic carbocycles. The molecule has 1 aliphatic rings. The summed E-state index contributed by atoms with van der Waals surface area (Å²) in [5.74, 6) is 0.149. The molecule has 0 aromatic heterocycles. The number of hydrogen-bond donors (Lipinski definition) is 2. The molecule has 0 atom stereocenters. The molecule has 0 saturated carbocycles. The van der Waals surface area contributed by atoms with E-state index in [4.69, 9.17) is 16.3 Å². The van der Waals surface area contributed by atoms with Gasteiger partial charge in [-0.3, -0.25) is 9.59 Å². The van der Waals surface area contributed by atoms with Crippen molar-refractivity contribution in [1.29, 1.82) is 0 Å². The molecule has 7 heteroatoms. The molecule has 0 radical (unpaired) electrons. The van der Waals surface area contributed by atoms with Crippen molar-refractivity contribution in [3.63, 3.8) is 0 Å². The van der Waals surface area contributed by atoms with E-state index in [0.29, 0.717) is 28.6 Å². The second-order valence-electron chi connectivity index (χ2n) is 7.33. The summed E-state index contributed by atoms with van der Waals surface area (Å²) in [6, 6.07) is 12.3. The fourth-order valence-electron chi connectivity index (χ4n) is 3.42. The van der Waals surface area contributed by atoms with E-state index in [1.807, 2.05) is 19.1 Å². The largest absolute Gasteiger partial charge is 0.484 e. The smallest absolute Gasteiger partial charge is 0.262 e. The van der Waals surface area contributed by atoms with Gasteiger partial charge in [-0.2, -0.15) is 0 Å². The van der Waals surface area contributed by atoms with Gasteiger partial charge >= 0.3 is 0 Å². The van der Waals surface area contributed by atoms with Crippen molar-refractivity contribution >= 4 is 34.8 Å². The number of anilines is 2. The lowest BCUT2D eigenvalue weighted by atomic mass is 10.1. The van der Waals surface area contributed by atoms with Crippen LogP contribution >= 0.6 is 11.6 Å². The third-order valence-electron chi connectivity index (χ3n) is 4.94. The standard InChI is InChI=1S/C23H28ClN3O3/c1-2-12-25-23(29)20-15-18(8-11-21(20)27-13-4-3-5-14-27)26-22(28)16-30-19-9-6-17(24)7-10-19/h6-11,15H,2-5,12-14,16H2,1H3,(H,25,29)(H,26,28). The molecule has 30 heavy (non-hydrogen) atoms. The van der Waals surface area contributed by atoms with E-state index in [-0.39, 0.29) is 18.4 Å². The van der Waals surface area contributed by atoms with Crippen molar-refractivity contribution in [1.82, 2.24) is 5.32 Å². The molecule has 1 saturated heterocycles. The minimum atomic E-state index is -0.296. The summed E-state index contributed by atoms with van der Waals surface area (Å²) in [7, 11) is 0. The first-order valence-corrected chi connectivity index (χ1v) is 10.8. The molecule has 0 spiro atoms. The molecule has 6 nitrogen and oxygen atoms in total. The normalized spacial score (nSPS) is 13.6. The molecule has 2 N–H and O–H groups in total. The number of nitrogens with zero attached hydrogens (tertiary/aromatic N) is 1. The molecular weight excluding hydrogens is 402 g/mol. The van der Waals surface area contributed by atoms with E-state index in [0.717, 1.165) is 38.0 Å². The summed E-state index contributed by atoms with van der Waals surface area (Å²) in [5, 5.41) is 6.37. The van der Waals surface area contributed by atoms with E-state index < -0.39 is 0 Å². The zero-order chi connectivity index (χ0) is 21.3. The first-order chi connectivity index (χ1) is 14.6. The lowest BCUT2D eigenvalue weighted by Gasteiger charge is -2.30. The SMILES string of the molecule is CCCNC(=O)c1cc(NC(=O)COc2ccc(Cl)cc2)ccc1N1CCCCC1. The number of nitrogens with one attached hydrogen (secondary N) is 2. The minimum Gasteiger partial charge on any atom is -0.484 e. The van der Waals surface area contributed by atoms with Gasteiger partial charge in [0.05, 0.1) is 5.56 Å². The third-order valence-corrected chi connectivity index (χ3v) is 5.19. The quantitative estimate of drug-likeness (QED) is 0.648. The molecule has 2 aromatic rings.